The molecule has 0 atom stereocenters. The van der Waals surface area contributed by atoms with E-state index in [1.165, 1.54) is 11.3 Å². The third-order valence-corrected chi connectivity index (χ3v) is 2.02. The highest BCUT2D eigenvalue weighted by Crippen LogP contribution is 2.24. The van der Waals surface area contributed by atoms with Crippen molar-refractivity contribution < 1.29 is 0 Å². The van der Waals surface area contributed by atoms with E-state index in [1.54, 1.807) is 0 Å². The molecule has 1 aliphatic rings. The Morgan fingerprint density at radius 2 is 1.77 bits per heavy atom. The summed E-state index contributed by atoms with van der Waals surface area (Å²) in [7, 11) is 0. The summed E-state index contributed by atoms with van der Waals surface area (Å²) in [6.45, 7) is 9.90. The van der Waals surface area contributed by atoms with Crippen molar-refractivity contribution in [2.45, 2.75) is 12.8 Å². The molecular formula is C12H15N. The molecule has 1 aromatic rings. The third-order valence-electron chi connectivity index (χ3n) is 2.02. The van der Waals surface area contributed by atoms with Gasteiger partial charge in [0.1, 0.15) is 0 Å². The molecule has 13 heavy (non-hydrogen) atoms. The highest BCUT2D eigenvalue weighted by Gasteiger charge is 2.08. The monoisotopic (exact) mass is 173 g/mol. The van der Waals surface area contributed by atoms with Crippen LogP contribution in [0.1, 0.15) is 12.0 Å². The highest BCUT2D eigenvalue weighted by molar-refractivity contribution is 5.57. The summed E-state index contributed by atoms with van der Waals surface area (Å²) in [6, 6.07) is 8.38. The van der Waals surface area contributed by atoms with Gasteiger partial charge in [-0.05, 0) is 24.5 Å². The minimum absolute atomic E-state index is 1.07. The normalized spacial score (nSPS) is 13.4. The Morgan fingerprint density at radius 3 is 2.54 bits per heavy atom. The number of hydrogen-bond donors (Lipinski definition) is 1. The minimum Gasteiger partial charge on any atom is -0.359 e. The van der Waals surface area contributed by atoms with Crippen LogP contribution < -0.4 is 5.32 Å². The van der Waals surface area contributed by atoms with Crippen LogP contribution in [0.15, 0.2) is 49.7 Å². The predicted octanol–water partition coefficient (Wildman–Crippen LogP) is 3.36. The van der Waals surface area contributed by atoms with Gasteiger partial charge in [-0.1, -0.05) is 24.8 Å². The summed E-state index contributed by atoms with van der Waals surface area (Å²) in [5.41, 5.74) is 3.76. The van der Waals surface area contributed by atoms with Crippen LogP contribution in [0.3, 0.4) is 0 Å². The molecule has 0 saturated heterocycles. The quantitative estimate of drug-likeness (QED) is 0.593. The zero-order valence-corrected chi connectivity index (χ0v) is 7.84. The molecule has 0 aliphatic carbocycles. The van der Waals surface area contributed by atoms with E-state index in [0.29, 0.717) is 0 Å². The molecule has 0 aromatic heterocycles. The smallest absolute Gasteiger partial charge is 0.0414 e. The number of anilines is 1. The van der Waals surface area contributed by atoms with Gasteiger partial charge >= 0.3 is 0 Å². The lowest BCUT2D eigenvalue weighted by molar-refractivity contribution is 0.919. The largest absolute Gasteiger partial charge is 0.359 e. The van der Waals surface area contributed by atoms with Crippen molar-refractivity contribution in [1.29, 1.82) is 0 Å². The maximum atomic E-state index is 3.90. The number of fused-ring (bicyclic) bond motifs is 1. The molecule has 68 valence electrons. The topological polar surface area (TPSA) is 12.0 Å². The van der Waals surface area contributed by atoms with Gasteiger partial charge in [-0.15, -0.1) is 13.2 Å². The number of aryl methyl sites for hydroxylation is 1. The first-order valence-corrected chi connectivity index (χ1v) is 4.39. The van der Waals surface area contributed by atoms with Crippen molar-refractivity contribution in [1.82, 2.24) is 0 Å². The van der Waals surface area contributed by atoms with E-state index in [0.717, 1.165) is 18.5 Å². The molecule has 1 nitrogen and oxygen atoms in total. The van der Waals surface area contributed by atoms with Crippen LogP contribution in [-0.4, -0.2) is 0 Å². The molecule has 1 aliphatic heterocycles. The summed E-state index contributed by atoms with van der Waals surface area (Å²) in [4.78, 5) is 0. The molecule has 0 bridgehead atoms. The Balaban J connectivity index is 0.000000396. The van der Waals surface area contributed by atoms with Gasteiger partial charge in [0.2, 0.25) is 0 Å². The highest BCUT2D eigenvalue weighted by atomic mass is 14.9. The average molecular weight is 173 g/mol. The number of benzene rings is 1. The number of nitrogens with one attached hydrogen (secondary N) is 1. The van der Waals surface area contributed by atoms with Crippen molar-refractivity contribution in [3.05, 3.63) is 55.3 Å². The number of allylic oxidation sites excluding steroid dienone is 1. The fourth-order valence-electron chi connectivity index (χ4n) is 1.40. The van der Waals surface area contributed by atoms with Crippen molar-refractivity contribution in [2.24, 2.45) is 0 Å². The van der Waals surface area contributed by atoms with Gasteiger partial charge in [-0.2, -0.15) is 0 Å². The first-order valence-electron chi connectivity index (χ1n) is 4.39. The Kier molecular flexibility index (Phi) is 3.32. The number of para-hydroxylation sites is 1. The Labute approximate surface area is 79.8 Å². The van der Waals surface area contributed by atoms with E-state index >= 15 is 0 Å². The molecule has 1 aromatic carbocycles. The van der Waals surface area contributed by atoms with E-state index in [2.05, 4.69) is 43.3 Å². The van der Waals surface area contributed by atoms with E-state index in [1.807, 2.05) is 6.07 Å². The van der Waals surface area contributed by atoms with Gasteiger partial charge in [0.25, 0.3) is 0 Å². The molecule has 1 N–H and O–H groups in total. The van der Waals surface area contributed by atoms with E-state index in [9.17, 15) is 0 Å². The summed E-state index contributed by atoms with van der Waals surface area (Å²) in [5, 5.41) is 3.27. The van der Waals surface area contributed by atoms with Gasteiger partial charge in [0.05, 0.1) is 0 Å². The lowest BCUT2D eigenvalue weighted by Crippen LogP contribution is -2.08. The van der Waals surface area contributed by atoms with Crippen molar-refractivity contribution >= 4 is 5.69 Å². The summed E-state index contributed by atoms with van der Waals surface area (Å²) in [5.74, 6) is 0. The first-order chi connectivity index (χ1) is 6.36. The molecule has 1 heteroatoms. The molecular weight excluding hydrogens is 158 g/mol. The maximum Gasteiger partial charge on any atom is 0.0414 e. The zero-order valence-electron chi connectivity index (χ0n) is 7.84. The molecule has 1 heterocycles. The molecule has 2 rings (SSSR count). The van der Waals surface area contributed by atoms with Crippen LogP contribution >= 0.6 is 0 Å². The third kappa shape index (κ3) is 2.22. The minimum atomic E-state index is 1.07. The van der Waals surface area contributed by atoms with Crippen LogP contribution in [0, 0.1) is 0 Å². The summed E-state index contributed by atoms with van der Waals surface area (Å²) >= 11 is 0. The molecule has 0 saturated carbocycles. The molecule has 0 fully saturated rings. The maximum absolute atomic E-state index is 3.90. The van der Waals surface area contributed by atoms with Crippen molar-refractivity contribution in [2.75, 3.05) is 5.32 Å². The van der Waals surface area contributed by atoms with Crippen LogP contribution in [-0.2, 0) is 6.42 Å². The van der Waals surface area contributed by atoms with E-state index < -0.39 is 0 Å². The van der Waals surface area contributed by atoms with Gasteiger partial charge in [0, 0.05) is 11.4 Å². The van der Waals surface area contributed by atoms with E-state index in [4.69, 9.17) is 0 Å². The molecule has 0 radical (unpaired) electrons. The number of hydrogen-bond acceptors (Lipinski definition) is 1. The lowest BCUT2D eigenvalue weighted by atomic mass is 10.0. The lowest BCUT2D eigenvalue weighted by Gasteiger charge is -2.19. The second-order valence-corrected chi connectivity index (χ2v) is 2.89. The van der Waals surface area contributed by atoms with Crippen LogP contribution in [0.25, 0.3) is 0 Å². The first kappa shape index (κ1) is 9.59. The molecule has 0 amide bonds. The second kappa shape index (κ2) is 4.51. The fourth-order valence-corrected chi connectivity index (χ4v) is 1.40. The predicted molar refractivity (Wildman–Crippen MR) is 58.8 cm³/mol. The zero-order chi connectivity index (χ0) is 9.68. The Hall–Kier alpha value is -1.50. The number of rotatable bonds is 0. The second-order valence-electron chi connectivity index (χ2n) is 2.89. The van der Waals surface area contributed by atoms with Crippen molar-refractivity contribution in [3.63, 3.8) is 0 Å². The van der Waals surface area contributed by atoms with E-state index in [-0.39, 0.29) is 0 Å². The van der Waals surface area contributed by atoms with Gasteiger partial charge < -0.3 is 5.32 Å². The Bertz CT molecular complexity index is 302. The molecule has 0 spiro atoms. The molecule has 0 unspecified atom stereocenters. The van der Waals surface area contributed by atoms with Crippen LogP contribution in [0.5, 0.6) is 0 Å². The summed E-state index contributed by atoms with van der Waals surface area (Å²) < 4.78 is 0. The van der Waals surface area contributed by atoms with Gasteiger partial charge in [-0.3, -0.25) is 0 Å². The average Bonchev–Trinajstić information content (AvgIpc) is 2.21. The summed E-state index contributed by atoms with van der Waals surface area (Å²) in [6.07, 6.45) is 2.19. The standard InChI is InChI=1S/C10H11N.C2H4/c1-8-6-7-9-4-2-3-5-10(9)11-8;1-2/h2-5,11H,1,6-7H2;1-2H2. The SMILES string of the molecule is C=C.C=C1CCc2ccccc2N1. The van der Waals surface area contributed by atoms with Gasteiger partial charge in [0.15, 0.2) is 0 Å². The van der Waals surface area contributed by atoms with Crippen molar-refractivity contribution in [3.8, 4) is 0 Å². The fraction of sp³-hybridized carbons (Fsp3) is 0.167. The van der Waals surface area contributed by atoms with Crippen LogP contribution in [0.2, 0.25) is 0 Å². The van der Waals surface area contributed by atoms with Gasteiger partial charge in [-0.25, -0.2) is 0 Å². The Morgan fingerprint density at radius 1 is 1.08 bits per heavy atom. The van der Waals surface area contributed by atoms with Crippen LogP contribution in [0.4, 0.5) is 5.69 Å².